The molecule has 0 spiro atoms. The molecule has 0 radical (unpaired) electrons. The maximum absolute atomic E-state index is 11.9. The van der Waals surface area contributed by atoms with E-state index < -0.39 is 5.60 Å². The maximum atomic E-state index is 11.9. The first-order valence-electron chi connectivity index (χ1n) is 8.60. The fourth-order valence-corrected chi connectivity index (χ4v) is 3.21. The van der Waals surface area contributed by atoms with Gasteiger partial charge in [0.05, 0.1) is 0 Å². The van der Waals surface area contributed by atoms with Crippen molar-refractivity contribution in [3.8, 4) is 0 Å². The summed E-state index contributed by atoms with van der Waals surface area (Å²) in [5.41, 5.74) is -0.489. The predicted octanol–water partition coefficient (Wildman–Crippen LogP) is 3.16. The van der Waals surface area contributed by atoms with E-state index in [4.69, 9.17) is 16.3 Å². The van der Waals surface area contributed by atoms with Crippen LogP contribution in [0, 0.1) is 11.8 Å². The molecule has 0 saturated carbocycles. The maximum Gasteiger partial charge on any atom is 0.407 e. The van der Waals surface area contributed by atoms with Crippen molar-refractivity contribution in [3.63, 3.8) is 0 Å². The smallest absolute Gasteiger partial charge is 0.407 e. The Morgan fingerprint density at radius 2 is 2.12 bits per heavy atom. The molecule has 7 nitrogen and oxygen atoms in total. The number of amides is 1. The molecule has 1 fully saturated rings. The molecule has 25 heavy (non-hydrogen) atoms. The Balaban J connectivity index is 1.99. The number of hydrogen-bond acceptors (Lipinski definition) is 6. The number of nitrogens with zero attached hydrogens (tertiary/aromatic N) is 3. The van der Waals surface area contributed by atoms with Crippen molar-refractivity contribution >= 4 is 29.5 Å². The highest BCUT2D eigenvalue weighted by molar-refractivity contribution is 6.29. The molecule has 8 heteroatoms. The number of aromatic nitrogens is 2. The second-order valence-corrected chi connectivity index (χ2v) is 8.00. The lowest BCUT2D eigenvalue weighted by Crippen LogP contribution is -2.45. The Hall–Kier alpha value is -1.76. The summed E-state index contributed by atoms with van der Waals surface area (Å²) < 4.78 is 5.30. The standard InChI is InChI=1S/C17H28ClN5O2/c1-11-6-12(8-20-16(24)25-17(2,3)4)10-23(9-11)14-7-13(18)21-15(19-5)22-14/h7,11-12H,6,8-10H2,1-5H3,(H,20,24)(H,19,21,22)/t11-,12-/m1/s1. The normalized spacial score (nSPS) is 21.0. The van der Waals surface area contributed by atoms with Gasteiger partial charge in [-0.2, -0.15) is 4.98 Å². The summed E-state index contributed by atoms with van der Waals surface area (Å²) in [4.78, 5) is 22.7. The second kappa shape index (κ2) is 8.08. The van der Waals surface area contributed by atoms with E-state index in [1.54, 1.807) is 13.1 Å². The molecule has 1 aliphatic rings. The Labute approximate surface area is 154 Å². The highest BCUT2D eigenvalue weighted by Gasteiger charge is 2.27. The minimum atomic E-state index is -0.489. The van der Waals surface area contributed by atoms with Crippen LogP contribution in [0.4, 0.5) is 16.6 Å². The SMILES string of the molecule is CNc1nc(Cl)cc(N2C[C@H](C)C[C@H](CNC(=O)OC(C)(C)C)C2)n1. The van der Waals surface area contributed by atoms with Gasteiger partial charge in [-0.15, -0.1) is 0 Å². The summed E-state index contributed by atoms with van der Waals surface area (Å²) >= 11 is 6.09. The molecule has 1 amide bonds. The van der Waals surface area contributed by atoms with Crippen molar-refractivity contribution in [1.82, 2.24) is 15.3 Å². The minimum absolute atomic E-state index is 0.322. The van der Waals surface area contributed by atoms with Crippen LogP contribution >= 0.6 is 11.6 Å². The summed E-state index contributed by atoms with van der Waals surface area (Å²) in [7, 11) is 1.77. The van der Waals surface area contributed by atoms with Crippen LogP contribution in [0.2, 0.25) is 5.15 Å². The van der Waals surface area contributed by atoms with Crippen LogP contribution in [-0.2, 0) is 4.74 Å². The third-order valence-corrected chi connectivity index (χ3v) is 4.10. The van der Waals surface area contributed by atoms with E-state index in [2.05, 4.69) is 32.4 Å². The first-order chi connectivity index (χ1) is 11.7. The molecule has 1 aromatic rings. The van der Waals surface area contributed by atoms with Gasteiger partial charge in [0.2, 0.25) is 5.95 Å². The number of piperidine rings is 1. The molecule has 0 aliphatic carbocycles. The first kappa shape index (κ1) is 19.6. The molecule has 1 aliphatic heterocycles. The van der Waals surface area contributed by atoms with E-state index in [-0.39, 0.29) is 6.09 Å². The Morgan fingerprint density at radius 3 is 2.76 bits per heavy atom. The van der Waals surface area contributed by atoms with Crippen molar-refractivity contribution in [2.45, 2.75) is 39.7 Å². The number of rotatable bonds is 4. The number of carbonyl (C=O) groups is 1. The van der Waals surface area contributed by atoms with Crippen LogP contribution in [0.1, 0.15) is 34.1 Å². The Morgan fingerprint density at radius 1 is 1.40 bits per heavy atom. The van der Waals surface area contributed by atoms with E-state index in [1.807, 2.05) is 20.8 Å². The van der Waals surface area contributed by atoms with Gasteiger partial charge in [-0.3, -0.25) is 0 Å². The molecule has 1 aromatic heterocycles. The van der Waals surface area contributed by atoms with Gasteiger partial charge >= 0.3 is 6.09 Å². The molecule has 0 aromatic carbocycles. The van der Waals surface area contributed by atoms with Crippen LogP contribution in [-0.4, -0.2) is 48.3 Å². The van der Waals surface area contributed by atoms with E-state index in [1.165, 1.54) is 0 Å². The average molecular weight is 370 g/mol. The molecule has 1 saturated heterocycles. The van der Waals surface area contributed by atoms with Gasteiger partial charge in [-0.1, -0.05) is 18.5 Å². The van der Waals surface area contributed by atoms with Crippen LogP contribution in [0.5, 0.6) is 0 Å². The number of alkyl carbamates (subject to hydrolysis) is 1. The van der Waals surface area contributed by atoms with Crippen molar-refractivity contribution in [2.24, 2.45) is 11.8 Å². The summed E-state index contributed by atoms with van der Waals surface area (Å²) in [6.45, 7) is 10.1. The summed E-state index contributed by atoms with van der Waals surface area (Å²) in [6.07, 6.45) is 0.670. The lowest BCUT2D eigenvalue weighted by atomic mass is 9.90. The minimum Gasteiger partial charge on any atom is -0.444 e. The van der Waals surface area contributed by atoms with E-state index >= 15 is 0 Å². The average Bonchev–Trinajstić information content (AvgIpc) is 2.50. The molecule has 0 unspecified atom stereocenters. The lowest BCUT2D eigenvalue weighted by molar-refractivity contribution is 0.0516. The van der Waals surface area contributed by atoms with Gasteiger partial charge in [0.1, 0.15) is 16.6 Å². The molecule has 2 N–H and O–H groups in total. The van der Waals surface area contributed by atoms with Gasteiger partial charge < -0.3 is 20.3 Å². The van der Waals surface area contributed by atoms with Gasteiger partial charge in [-0.05, 0) is 39.0 Å². The van der Waals surface area contributed by atoms with Gasteiger partial charge in [0, 0.05) is 32.7 Å². The zero-order chi connectivity index (χ0) is 18.6. The third kappa shape index (κ3) is 6.23. The number of carbonyl (C=O) groups excluding carboxylic acids is 1. The van der Waals surface area contributed by atoms with Crippen LogP contribution in [0.15, 0.2) is 6.07 Å². The number of nitrogens with one attached hydrogen (secondary N) is 2. The first-order valence-corrected chi connectivity index (χ1v) is 8.98. The number of ether oxygens (including phenoxy) is 1. The van der Waals surface area contributed by atoms with Gasteiger partial charge in [-0.25, -0.2) is 9.78 Å². The summed E-state index contributed by atoms with van der Waals surface area (Å²) in [5, 5.41) is 6.21. The summed E-state index contributed by atoms with van der Waals surface area (Å²) in [5.74, 6) is 2.12. The van der Waals surface area contributed by atoms with Crippen LogP contribution < -0.4 is 15.5 Å². The highest BCUT2D eigenvalue weighted by Crippen LogP contribution is 2.27. The van der Waals surface area contributed by atoms with Crippen LogP contribution in [0.25, 0.3) is 0 Å². The number of hydrogen-bond donors (Lipinski definition) is 2. The van der Waals surface area contributed by atoms with Crippen LogP contribution in [0.3, 0.4) is 0 Å². The Bertz CT molecular complexity index is 605. The predicted molar refractivity (Wildman–Crippen MR) is 100 cm³/mol. The topological polar surface area (TPSA) is 79.4 Å². The van der Waals surface area contributed by atoms with Crippen molar-refractivity contribution in [2.75, 3.05) is 36.9 Å². The molecule has 2 atom stereocenters. The van der Waals surface area contributed by atoms with Gasteiger partial charge in [0.15, 0.2) is 0 Å². The van der Waals surface area contributed by atoms with Gasteiger partial charge in [0.25, 0.3) is 0 Å². The zero-order valence-electron chi connectivity index (χ0n) is 15.6. The third-order valence-electron chi connectivity index (χ3n) is 3.91. The molecule has 2 heterocycles. The van der Waals surface area contributed by atoms with Crippen molar-refractivity contribution in [3.05, 3.63) is 11.2 Å². The fourth-order valence-electron chi connectivity index (χ4n) is 3.04. The molecule has 140 valence electrons. The quantitative estimate of drug-likeness (QED) is 0.793. The number of anilines is 2. The Kier molecular flexibility index (Phi) is 6.32. The van der Waals surface area contributed by atoms with E-state index in [9.17, 15) is 4.79 Å². The largest absolute Gasteiger partial charge is 0.444 e. The zero-order valence-corrected chi connectivity index (χ0v) is 16.4. The fraction of sp³-hybridized carbons (Fsp3) is 0.706. The second-order valence-electron chi connectivity index (χ2n) is 7.62. The highest BCUT2D eigenvalue weighted by atomic mass is 35.5. The van der Waals surface area contributed by atoms with E-state index in [0.717, 1.165) is 25.3 Å². The molecular formula is C17H28ClN5O2. The van der Waals surface area contributed by atoms with Crippen molar-refractivity contribution in [1.29, 1.82) is 0 Å². The summed E-state index contributed by atoms with van der Waals surface area (Å²) in [6, 6.07) is 1.78. The molecule has 0 bridgehead atoms. The number of halogens is 1. The van der Waals surface area contributed by atoms with Crippen molar-refractivity contribution < 1.29 is 9.53 Å². The lowest BCUT2D eigenvalue weighted by Gasteiger charge is -2.37. The monoisotopic (exact) mass is 369 g/mol. The molecular weight excluding hydrogens is 342 g/mol. The van der Waals surface area contributed by atoms with E-state index in [0.29, 0.717) is 29.5 Å². The molecule has 2 rings (SSSR count).